The predicted molar refractivity (Wildman–Crippen MR) is 125 cm³/mol. The molecule has 2 aromatic heterocycles. The smallest absolute Gasteiger partial charge is 0.253 e. The molecule has 1 unspecified atom stereocenters. The van der Waals surface area contributed by atoms with Gasteiger partial charge in [0.2, 0.25) is 6.36 Å². The fourth-order valence-corrected chi connectivity index (χ4v) is 6.11. The molecule has 2 N–H and O–H groups in total. The molecular weight excluding hydrogens is 463 g/mol. The summed E-state index contributed by atoms with van der Waals surface area (Å²) in [4.78, 5) is 17.3. The number of hydrogen-bond acceptors (Lipinski definition) is 7. The monoisotopic (exact) mass is 490 g/mol. The van der Waals surface area contributed by atoms with Crippen molar-refractivity contribution in [2.45, 2.75) is 51.7 Å². The Labute approximate surface area is 196 Å². The van der Waals surface area contributed by atoms with Crippen molar-refractivity contribution < 1.29 is 27.4 Å². The highest BCUT2D eigenvalue weighted by atomic mass is 32.2. The number of ether oxygens (including phenoxy) is 1. The number of nitrogens with one attached hydrogen (secondary N) is 1. The molecule has 9 nitrogen and oxygen atoms in total. The van der Waals surface area contributed by atoms with E-state index in [1.54, 1.807) is 55.8 Å². The maximum absolute atomic E-state index is 13.3. The summed E-state index contributed by atoms with van der Waals surface area (Å²) in [6, 6.07) is 7.97. The van der Waals surface area contributed by atoms with E-state index in [1.165, 1.54) is 13.1 Å². The zero-order chi connectivity index (χ0) is 24.8. The van der Waals surface area contributed by atoms with Crippen LogP contribution in [-0.4, -0.2) is 63.7 Å². The van der Waals surface area contributed by atoms with Crippen LogP contribution in [0.4, 0.5) is 4.39 Å². The highest BCUT2D eigenvalue weighted by molar-refractivity contribution is 7.93. The van der Waals surface area contributed by atoms with Gasteiger partial charge in [-0.15, -0.1) is 0 Å². The van der Waals surface area contributed by atoms with Crippen LogP contribution in [0, 0.1) is 0 Å². The van der Waals surface area contributed by atoms with E-state index in [2.05, 4.69) is 15.4 Å². The number of amides is 1. The molecule has 0 aliphatic carbocycles. The van der Waals surface area contributed by atoms with Crippen molar-refractivity contribution in [2.24, 2.45) is 0 Å². The molecule has 0 radical (unpaired) electrons. The predicted octanol–water partition coefficient (Wildman–Crippen LogP) is 2.65. The van der Waals surface area contributed by atoms with Crippen molar-refractivity contribution in [3.8, 4) is 17.0 Å². The molecule has 11 heteroatoms. The Kier molecular flexibility index (Phi) is 6.11. The largest absolute Gasteiger partial charge is 0.461 e. The summed E-state index contributed by atoms with van der Waals surface area (Å²) in [6.07, 6.45) is -0.818. The van der Waals surface area contributed by atoms with E-state index in [-0.39, 0.29) is 17.1 Å². The van der Waals surface area contributed by atoms with Gasteiger partial charge in [-0.1, -0.05) is 12.1 Å². The van der Waals surface area contributed by atoms with Crippen molar-refractivity contribution in [3.05, 3.63) is 42.1 Å². The number of aliphatic hydroxyl groups excluding tert-OH is 1. The molecule has 3 atom stereocenters. The van der Waals surface area contributed by atoms with Crippen molar-refractivity contribution >= 4 is 26.8 Å². The number of aromatic nitrogens is 3. The quantitative estimate of drug-likeness (QED) is 0.522. The fourth-order valence-electron chi connectivity index (χ4n) is 4.10. The number of carbonyl (C=O) groups is 1. The van der Waals surface area contributed by atoms with E-state index in [9.17, 15) is 22.7 Å². The second-order valence-corrected chi connectivity index (χ2v) is 11.2. The minimum Gasteiger partial charge on any atom is -0.461 e. The van der Waals surface area contributed by atoms with Crippen molar-refractivity contribution in [1.82, 2.24) is 20.1 Å². The first-order chi connectivity index (χ1) is 15.9. The SMILES string of the molecule is CC(F)Oc1cccc(-c2nn([C@H](C)[C@@H](C)O)c3cc(C(=O)NC4(C)CS(=O)(=O)C4)cnc23)c1. The van der Waals surface area contributed by atoms with E-state index in [0.717, 1.165) is 0 Å². The molecule has 1 aliphatic rings. The van der Waals surface area contributed by atoms with Gasteiger partial charge >= 0.3 is 0 Å². The van der Waals surface area contributed by atoms with Gasteiger partial charge in [-0.2, -0.15) is 5.10 Å². The summed E-state index contributed by atoms with van der Waals surface area (Å²) in [5.41, 5.74) is 1.56. The number of benzene rings is 1. The first-order valence-electron chi connectivity index (χ1n) is 10.9. The number of halogens is 1. The van der Waals surface area contributed by atoms with Gasteiger partial charge in [-0.05, 0) is 39.0 Å². The van der Waals surface area contributed by atoms with E-state index >= 15 is 0 Å². The molecule has 4 rings (SSSR count). The summed E-state index contributed by atoms with van der Waals surface area (Å²) in [6.45, 7) is 6.40. The third kappa shape index (κ3) is 4.76. The van der Waals surface area contributed by atoms with Crippen molar-refractivity contribution in [2.75, 3.05) is 11.5 Å². The Morgan fingerprint density at radius 2 is 1.97 bits per heavy atom. The van der Waals surface area contributed by atoms with Crippen LogP contribution >= 0.6 is 0 Å². The Hall–Kier alpha value is -3.05. The third-order valence-corrected chi connectivity index (χ3v) is 7.94. The maximum Gasteiger partial charge on any atom is 0.253 e. The molecule has 3 heterocycles. The summed E-state index contributed by atoms with van der Waals surface area (Å²) in [5.74, 6) is -0.340. The van der Waals surface area contributed by atoms with Crippen molar-refractivity contribution in [1.29, 1.82) is 0 Å². The van der Waals surface area contributed by atoms with Gasteiger partial charge in [0.15, 0.2) is 9.84 Å². The summed E-state index contributed by atoms with van der Waals surface area (Å²) in [5, 5.41) is 17.6. The Morgan fingerprint density at radius 1 is 1.26 bits per heavy atom. The van der Waals surface area contributed by atoms with Crippen molar-refractivity contribution in [3.63, 3.8) is 0 Å². The van der Waals surface area contributed by atoms with Crippen LogP contribution in [-0.2, 0) is 9.84 Å². The van der Waals surface area contributed by atoms with Crippen LogP contribution in [0.5, 0.6) is 5.75 Å². The lowest BCUT2D eigenvalue weighted by atomic mass is 10.1. The number of fused-ring (bicyclic) bond motifs is 1. The summed E-state index contributed by atoms with van der Waals surface area (Å²) >= 11 is 0. The van der Waals surface area contributed by atoms with Crippen LogP contribution in [0.2, 0.25) is 0 Å². The highest BCUT2D eigenvalue weighted by Crippen LogP contribution is 2.32. The lowest BCUT2D eigenvalue weighted by Crippen LogP contribution is -2.63. The third-order valence-electron chi connectivity index (χ3n) is 5.79. The van der Waals surface area contributed by atoms with Gasteiger partial charge in [0.25, 0.3) is 5.91 Å². The second-order valence-electron chi connectivity index (χ2n) is 9.10. The standard InChI is InChI=1S/C23H27FN4O5S/c1-13(14(2)29)28-19-9-17(22(30)26-23(4)11-34(31,32)12-23)10-25-21(19)20(27-28)16-6-5-7-18(8-16)33-15(3)24/h5-10,13-15,29H,11-12H2,1-4H3,(H,26,30)/t13-,14-,15?/m1/s1. The number of aliphatic hydroxyl groups is 1. The van der Waals surface area contributed by atoms with E-state index < -0.39 is 39.8 Å². The zero-order valence-electron chi connectivity index (χ0n) is 19.3. The number of pyridine rings is 1. The Morgan fingerprint density at radius 3 is 2.59 bits per heavy atom. The minimum absolute atomic E-state index is 0.113. The van der Waals surface area contributed by atoms with Gasteiger partial charge < -0.3 is 15.2 Å². The number of nitrogens with zero attached hydrogens (tertiary/aromatic N) is 3. The Balaban J connectivity index is 1.75. The molecule has 0 saturated carbocycles. The van der Waals surface area contributed by atoms with Gasteiger partial charge in [0.05, 0.1) is 40.3 Å². The second kappa shape index (κ2) is 8.62. The number of sulfone groups is 1. The topological polar surface area (TPSA) is 123 Å². The normalized spacial score (nSPS) is 19.1. The molecule has 1 aliphatic heterocycles. The molecule has 0 spiro atoms. The molecule has 1 fully saturated rings. The molecule has 1 aromatic carbocycles. The van der Waals surface area contributed by atoms with E-state index in [1.807, 2.05) is 0 Å². The molecule has 182 valence electrons. The van der Waals surface area contributed by atoms with Gasteiger partial charge in [-0.3, -0.25) is 14.5 Å². The molecular formula is C23H27FN4O5S. The van der Waals surface area contributed by atoms with Gasteiger partial charge in [0.1, 0.15) is 17.0 Å². The minimum atomic E-state index is -3.12. The molecule has 0 bridgehead atoms. The maximum atomic E-state index is 13.3. The van der Waals surface area contributed by atoms with Crippen LogP contribution in [0.25, 0.3) is 22.3 Å². The van der Waals surface area contributed by atoms with Crippen LogP contribution < -0.4 is 10.1 Å². The molecule has 34 heavy (non-hydrogen) atoms. The summed E-state index contributed by atoms with van der Waals surface area (Å²) in [7, 11) is -3.12. The first-order valence-corrected chi connectivity index (χ1v) is 12.7. The Bertz CT molecular complexity index is 1340. The number of carbonyl (C=O) groups excluding carboxylic acids is 1. The number of rotatable bonds is 7. The molecule has 1 saturated heterocycles. The van der Waals surface area contributed by atoms with Crippen LogP contribution in [0.1, 0.15) is 44.1 Å². The molecule has 3 aromatic rings. The lowest BCUT2D eigenvalue weighted by molar-refractivity contribution is 0.0860. The highest BCUT2D eigenvalue weighted by Gasteiger charge is 2.45. The van der Waals surface area contributed by atoms with Crippen LogP contribution in [0.3, 0.4) is 0 Å². The first kappa shape index (κ1) is 24.1. The zero-order valence-corrected chi connectivity index (χ0v) is 20.1. The van der Waals surface area contributed by atoms with E-state index in [0.29, 0.717) is 28.0 Å². The average Bonchev–Trinajstić information content (AvgIpc) is 3.09. The van der Waals surface area contributed by atoms with Gasteiger partial charge in [0, 0.05) is 18.7 Å². The lowest BCUT2D eigenvalue weighted by Gasteiger charge is -2.38. The number of alkyl halides is 1. The fraction of sp³-hybridized carbons (Fsp3) is 0.435. The van der Waals surface area contributed by atoms with E-state index in [4.69, 9.17) is 4.74 Å². The van der Waals surface area contributed by atoms with Crippen LogP contribution in [0.15, 0.2) is 36.5 Å². The summed E-state index contributed by atoms with van der Waals surface area (Å²) < 4.78 is 43.2. The number of hydrogen-bond donors (Lipinski definition) is 2. The molecule has 1 amide bonds. The average molecular weight is 491 g/mol. The van der Waals surface area contributed by atoms with Gasteiger partial charge in [-0.25, -0.2) is 12.8 Å².